The van der Waals surface area contributed by atoms with Crippen LogP contribution in [0.1, 0.15) is 19.3 Å². The van der Waals surface area contributed by atoms with Crippen LogP contribution in [0.15, 0.2) is 23.4 Å². The molecular formula is C11H15N5O. The van der Waals surface area contributed by atoms with Gasteiger partial charge >= 0.3 is 5.69 Å². The van der Waals surface area contributed by atoms with Crippen molar-refractivity contribution in [2.45, 2.75) is 25.8 Å². The van der Waals surface area contributed by atoms with Crippen LogP contribution in [-0.2, 0) is 6.54 Å². The Labute approximate surface area is 98.1 Å². The second-order valence-electron chi connectivity index (χ2n) is 4.78. The first-order chi connectivity index (χ1) is 8.24. The Morgan fingerprint density at radius 3 is 2.94 bits per heavy atom. The van der Waals surface area contributed by atoms with Gasteiger partial charge in [-0.2, -0.15) is 0 Å². The van der Waals surface area contributed by atoms with Crippen LogP contribution in [0.3, 0.4) is 0 Å². The minimum atomic E-state index is -0.0919. The van der Waals surface area contributed by atoms with E-state index in [1.165, 1.54) is 4.40 Å². The molecule has 1 aliphatic rings. The fourth-order valence-electron chi connectivity index (χ4n) is 2.27. The molecule has 0 aromatic carbocycles. The van der Waals surface area contributed by atoms with Gasteiger partial charge in [-0.15, -0.1) is 5.10 Å². The van der Waals surface area contributed by atoms with Crippen molar-refractivity contribution in [1.29, 1.82) is 0 Å². The third-order valence-corrected chi connectivity index (χ3v) is 3.51. The number of nitrogens with two attached hydrogens (primary N) is 1. The van der Waals surface area contributed by atoms with Gasteiger partial charge in [0.15, 0.2) is 5.65 Å². The van der Waals surface area contributed by atoms with Gasteiger partial charge in [-0.05, 0) is 31.2 Å². The molecular weight excluding hydrogens is 218 g/mol. The van der Waals surface area contributed by atoms with E-state index in [1.54, 1.807) is 23.3 Å². The Hall–Kier alpha value is -1.69. The maximum absolute atomic E-state index is 12.0. The second-order valence-corrected chi connectivity index (χ2v) is 4.78. The fourth-order valence-corrected chi connectivity index (χ4v) is 2.27. The molecule has 6 heteroatoms. The van der Waals surface area contributed by atoms with E-state index in [9.17, 15) is 4.79 Å². The molecule has 0 aliphatic heterocycles. The van der Waals surface area contributed by atoms with Crippen LogP contribution in [-0.4, -0.2) is 25.7 Å². The summed E-state index contributed by atoms with van der Waals surface area (Å²) >= 11 is 0. The zero-order chi connectivity index (χ0) is 11.9. The number of rotatable bonds is 4. The van der Waals surface area contributed by atoms with Crippen LogP contribution in [0, 0.1) is 5.41 Å². The first-order valence-corrected chi connectivity index (χ1v) is 5.83. The molecule has 0 unspecified atom stereocenters. The lowest BCUT2D eigenvalue weighted by atomic mass is 10.0. The van der Waals surface area contributed by atoms with E-state index in [2.05, 4.69) is 10.1 Å². The Bertz CT molecular complexity index is 595. The van der Waals surface area contributed by atoms with Crippen LogP contribution in [0.4, 0.5) is 0 Å². The molecule has 2 aromatic rings. The Balaban J connectivity index is 1.96. The van der Waals surface area contributed by atoms with Gasteiger partial charge in [-0.3, -0.25) is 4.98 Å². The molecule has 90 valence electrons. The lowest BCUT2D eigenvalue weighted by molar-refractivity contribution is 0.369. The van der Waals surface area contributed by atoms with Crippen molar-refractivity contribution in [3.63, 3.8) is 0 Å². The van der Waals surface area contributed by atoms with Crippen LogP contribution >= 0.6 is 0 Å². The standard InChI is InChI=1S/C11H15N5O/c12-4-3-11(1-2-11)8-16-10(17)15-6-5-13-7-9(15)14-16/h5-7H,1-4,8,12H2. The predicted molar refractivity (Wildman–Crippen MR) is 62.6 cm³/mol. The van der Waals surface area contributed by atoms with E-state index in [1.807, 2.05) is 0 Å². The molecule has 2 N–H and O–H groups in total. The van der Waals surface area contributed by atoms with E-state index >= 15 is 0 Å². The third-order valence-electron chi connectivity index (χ3n) is 3.51. The van der Waals surface area contributed by atoms with E-state index in [0.29, 0.717) is 18.7 Å². The van der Waals surface area contributed by atoms with E-state index < -0.39 is 0 Å². The van der Waals surface area contributed by atoms with Crippen LogP contribution in [0.25, 0.3) is 5.65 Å². The molecule has 1 saturated carbocycles. The summed E-state index contributed by atoms with van der Waals surface area (Å²) in [7, 11) is 0. The summed E-state index contributed by atoms with van der Waals surface area (Å²) in [5.74, 6) is 0. The van der Waals surface area contributed by atoms with Crippen molar-refractivity contribution >= 4 is 5.65 Å². The van der Waals surface area contributed by atoms with Gasteiger partial charge in [0.1, 0.15) is 0 Å². The molecule has 6 nitrogen and oxygen atoms in total. The highest BCUT2D eigenvalue weighted by atomic mass is 16.2. The number of nitrogens with zero attached hydrogens (tertiary/aromatic N) is 4. The zero-order valence-corrected chi connectivity index (χ0v) is 9.54. The summed E-state index contributed by atoms with van der Waals surface area (Å²) in [4.78, 5) is 16.0. The van der Waals surface area contributed by atoms with E-state index in [-0.39, 0.29) is 11.1 Å². The van der Waals surface area contributed by atoms with Crippen molar-refractivity contribution in [3.05, 3.63) is 29.1 Å². The van der Waals surface area contributed by atoms with Crippen molar-refractivity contribution in [3.8, 4) is 0 Å². The second kappa shape index (κ2) is 3.66. The average Bonchev–Trinajstić information content (AvgIpc) is 3.01. The Morgan fingerprint density at radius 1 is 1.47 bits per heavy atom. The van der Waals surface area contributed by atoms with Gasteiger partial charge in [0.2, 0.25) is 0 Å². The third kappa shape index (κ3) is 1.74. The topological polar surface area (TPSA) is 78.2 Å². The molecule has 3 rings (SSSR count). The number of hydrogen-bond acceptors (Lipinski definition) is 4. The van der Waals surface area contributed by atoms with Crippen molar-refractivity contribution in [2.75, 3.05) is 6.54 Å². The molecule has 0 spiro atoms. The maximum atomic E-state index is 12.0. The van der Waals surface area contributed by atoms with Crippen molar-refractivity contribution in [1.82, 2.24) is 19.2 Å². The summed E-state index contributed by atoms with van der Waals surface area (Å²) < 4.78 is 3.06. The molecule has 0 amide bonds. The minimum absolute atomic E-state index is 0.0919. The van der Waals surface area contributed by atoms with Gasteiger partial charge in [0, 0.05) is 12.4 Å². The number of fused-ring (bicyclic) bond motifs is 1. The summed E-state index contributed by atoms with van der Waals surface area (Å²) in [6, 6.07) is 0. The van der Waals surface area contributed by atoms with Crippen molar-refractivity contribution in [2.24, 2.45) is 11.1 Å². The molecule has 2 aromatic heterocycles. The van der Waals surface area contributed by atoms with E-state index in [0.717, 1.165) is 19.3 Å². The first-order valence-electron chi connectivity index (χ1n) is 5.83. The predicted octanol–water partition coefficient (Wildman–Crippen LogP) is 0.0200. The lowest BCUT2D eigenvalue weighted by Gasteiger charge is -2.12. The smallest absolute Gasteiger partial charge is 0.330 e. The molecule has 0 radical (unpaired) electrons. The van der Waals surface area contributed by atoms with Gasteiger partial charge in [-0.25, -0.2) is 13.9 Å². The fraction of sp³-hybridized carbons (Fsp3) is 0.545. The molecule has 0 atom stereocenters. The molecule has 1 aliphatic carbocycles. The number of aromatic nitrogens is 4. The Morgan fingerprint density at radius 2 is 2.29 bits per heavy atom. The monoisotopic (exact) mass is 233 g/mol. The van der Waals surface area contributed by atoms with Gasteiger partial charge in [-0.1, -0.05) is 0 Å². The van der Waals surface area contributed by atoms with Crippen LogP contribution in [0.2, 0.25) is 0 Å². The average molecular weight is 233 g/mol. The molecule has 2 heterocycles. The van der Waals surface area contributed by atoms with Gasteiger partial charge < -0.3 is 5.73 Å². The van der Waals surface area contributed by atoms with Crippen LogP contribution < -0.4 is 11.4 Å². The molecule has 1 fully saturated rings. The normalized spacial score (nSPS) is 17.5. The highest BCUT2D eigenvalue weighted by molar-refractivity contribution is 5.31. The van der Waals surface area contributed by atoms with Crippen molar-refractivity contribution < 1.29 is 0 Å². The zero-order valence-electron chi connectivity index (χ0n) is 9.54. The van der Waals surface area contributed by atoms with Gasteiger partial charge in [0.25, 0.3) is 0 Å². The SMILES string of the molecule is NCCC1(Cn2nc3cnccn3c2=O)CC1. The summed E-state index contributed by atoms with van der Waals surface area (Å²) in [6.45, 7) is 1.34. The maximum Gasteiger partial charge on any atom is 0.350 e. The van der Waals surface area contributed by atoms with Gasteiger partial charge in [0.05, 0.1) is 12.7 Å². The quantitative estimate of drug-likeness (QED) is 0.807. The lowest BCUT2D eigenvalue weighted by Crippen LogP contribution is -2.26. The molecule has 0 saturated heterocycles. The van der Waals surface area contributed by atoms with Crippen LogP contribution in [0.5, 0.6) is 0 Å². The summed E-state index contributed by atoms with van der Waals surface area (Å²) in [6.07, 6.45) is 8.08. The Kier molecular flexibility index (Phi) is 2.25. The molecule has 0 bridgehead atoms. The minimum Gasteiger partial charge on any atom is -0.330 e. The summed E-state index contributed by atoms with van der Waals surface area (Å²) in [5, 5.41) is 4.28. The largest absolute Gasteiger partial charge is 0.350 e. The number of hydrogen-bond donors (Lipinski definition) is 1. The molecule has 17 heavy (non-hydrogen) atoms. The first kappa shape index (κ1) is 10.5. The highest BCUT2D eigenvalue weighted by Crippen LogP contribution is 2.49. The van der Waals surface area contributed by atoms with E-state index in [4.69, 9.17) is 5.73 Å². The summed E-state index contributed by atoms with van der Waals surface area (Å²) in [5.41, 5.74) is 6.32. The highest BCUT2D eigenvalue weighted by Gasteiger charge is 2.42.